The zero-order chi connectivity index (χ0) is 13.3. The van der Waals surface area contributed by atoms with Gasteiger partial charge in [0.05, 0.1) is 17.2 Å². The number of rotatable bonds is 2. The third kappa shape index (κ3) is 2.65. The van der Waals surface area contributed by atoms with E-state index in [9.17, 15) is 5.11 Å². The van der Waals surface area contributed by atoms with Crippen molar-refractivity contribution in [2.24, 2.45) is 5.41 Å². The van der Waals surface area contributed by atoms with Crippen molar-refractivity contribution in [2.45, 2.75) is 58.5 Å². The Kier molecular flexibility index (Phi) is 3.81. The molecule has 1 aromatic rings. The van der Waals surface area contributed by atoms with Crippen LogP contribution in [0.1, 0.15) is 55.5 Å². The van der Waals surface area contributed by atoms with Crippen LogP contribution in [0.15, 0.2) is 0 Å². The number of aryl methyl sites for hydroxylation is 1. The van der Waals surface area contributed by atoms with E-state index in [1.165, 1.54) is 44.9 Å². The van der Waals surface area contributed by atoms with Crippen molar-refractivity contribution < 1.29 is 5.11 Å². The van der Waals surface area contributed by atoms with Gasteiger partial charge in [-0.05, 0) is 38.0 Å². The monoisotopic (exact) mass is 280 g/mol. The van der Waals surface area contributed by atoms with Gasteiger partial charge < -0.3 is 10.0 Å². The summed E-state index contributed by atoms with van der Waals surface area (Å²) in [6, 6.07) is 0. The second-order valence-corrected chi connectivity index (χ2v) is 7.27. The molecule has 2 fully saturated rings. The highest BCUT2D eigenvalue weighted by Crippen LogP contribution is 2.45. The minimum atomic E-state index is 0.126. The Morgan fingerprint density at radius 3 is 2.42 bits per heavy atom. The van der Waals surface area contributed by atoms with Gasteiger partial charge in [-0.2, -0.15) is 0 Å². The van der Waals surface area contributed by atoms with Crippen molar-refractivity contribution in [1.29, 1.82) is 0 Å². The van der Waals surface area contributed by atoms with Crippen molar-refractivity contribution in [3.8, 4) is 0 Å². The summed E-state index contributed by atoms with van der Waals surface area (Å²) in [5.74, 6) is 0. The first-order chi connectivity index (χ1) is 9.22. The van der Waals surface area contributed by atoms with Crippen molar-refractivity contribution in [3.05, 3.63) is 10.6 Å². The fourth-order valence-electron chi connectivity index (χ4n) is 3.67. The summed E-state index contributed by atoms with van der Waals surface area (Å²) in [4.78, 5) is 8.07. The standard InChI is InChI=1S/C15H24N2OS/c1-12-13(11-18)19-14(16-12)17-9-7-15(8-10-17)5-3-2-4-6-15/h18H,2-11H2,1H3. The summed E-state index contributed by atoms with van der Waals surface area (Å²) in [7, 11) is 0. The Bertz CT molecular complexity index is 427. The van der Waals surface area contributed by atoms with Crippen LogP contribution < -0.4 is 4.90 Å². The summed E-state index contributed by atoms with van der Waals surface area (Å²) >= 11 is 1.67. The average Bonchev–Trinajstić information content (AvgIpc) is 2.82. The van der Waals surface area contributed by atoms with Crippen LogP contribution in [0.5, 0.6) is 0 Å². The second-order valence-electron chi connectivity index (χ2n) is 6.21. The zero-order valence-corrected chi connectivity index (χ0v) is 12.6. The van der Waals surface area contributed by atoms with Gasteiger partial charge in [-0.25, -0.2) is 4.98 Å². The molecule has 0 atom stereocenters. The van der Waals surface area contributed by atoms with E-state index in [2.05, 4.69) is 9.88 Å². The van der Waals surface area contributed by atoms with E-state index in [0.717, 1.165) is 28.8 Å². The fourth-order valence-corrected chi connectivity index (χ4v) is 4.64. The van der Waals surface area contributed by atoms with E-state index in [1.54, 1.807) is 11.3 Å². The number of aliphatic hydroxyl groups excluding tert-OH is 1. The third-order valence-corrected chi connectivity index (χ3v) is 6.24. The van der Waals surface area contributed by atoms with Crippen molar-refractivity contribution in [2.75, 3.05) is 18.0 Å². The Hall–Kier alpha value is -0.610. The van der Waals surface area contributed by atoms with Gasteiger partial charge in [0.25, 0.3) is 0 Å². The maximum absolute atomic E-state index is 9.28. The van der Waals surface area contributed by atoms with Gasteiger partial charge in [-0.3, -0.25) is 0 Å². The molecule has 0 aromatic carbocycles. The summed E-state index contributed by atoms with van der Waals surface area (Å²) in [6.07, 6.45) is 9.87. The molecule has 3 nitrogen and oxygen atoms in total. The summed E-state index contributed by atoms with van der Waals surface area (Å²) in [5.41, 5.74) is 1.65. The first kappa shape index (κ1) is 13.4. The molecule has 0 radical (unpaired) electrons. The fraction of sp³-hybridized carbons (Fsp3) is 0.800. The smallest absolute Gasteiger partial charge is 0.185 e. The number of anilines is 1. The summed E-state index contributed by atoms with van der Waals surface area (Å²) < 4.78 is 0. The van der Waals surface area contributed by atoms with E-state index in [1.807, 2.05) is 6.92 Å². The molecule has 1 aliphatic carbocycles. The quantitative estimate of drug-likeness (QED) is 0.901. The highest BCUT2D eigenvalue weighted by molar-refractivity contribution is 7.15. The van der Waals surface area contributed by atoms with Crippen LogP contribution in [-0.2, 0) is 6.61 Å². The number of hydrogen-bond donors (Lipinski definition) is 1. The lowest BCUT2D eigenvalue weighted by atomic mass is 9.68. The third-order valence-electron chi connectivity index (χ3n) is 5.03. The van der Waals surface area contributed by atoms with Crippen molar-refractivity contribution >= 4 is 16.5 Å². The van der Waals surface area contributed by atoms with Gasteiger partial charge in [0, 0.05) is 13.1 Å². The molecule has 3 rings (SSSR count). The first-order valence-corrected chi connectivity index (χ1v) is 8.36. The molecule has 106 valence electrons. The van der Waals surface area contributed by atoms with E-state index in [-0.39, 0.29) is 6.61 Å². The maximum atomic E-state index is 9.28. The van der Waals surface area contributed by atoms with Gasteiger partial charge >= 0.3 is 0 Å². The van der Waals surface area contributed by atoms with Gasteiger partial charge in [-0.15, -0.1) is 0 Å². The molecule has 1 saturated heterocycles. The van der Waals surface area contributed by atoms with Crippen LogP contribution in [0.3, 0.4) is 0 Å². The summed E-state index contributed by atoms with van der Waals surface area (Å²) in [5, 5.41) is 10.4. The molecule has 1 saturated carbocycles. The van der Waals surface area contributed by atoms with E-state index >= 15 is 0 Å². The Balaban J connectivity index is 1.65. The number of aliphatic hydroxyl groups is 1. The molecule has 1 aromatic heterocycles. The number of hydrogen-bond acceptors (Lipinski definition) is 4. The molecule has 0 amide bonds. The molecule has 19 heavy (non-hydrogen) atoms. The van der Waals surface area contributed by atoms with Gasteiger partial charge in [0.1, 0.15) is 0 Å². The van der Waals surface area contributed by atoms with Crippen LogP contribution in [0, 0.1) is 12.3 Å². The van der Waals surface area contributed by atoms with Crippen molar-refractivity contribution in [1.82, 2.24) is 4.98 Å². The predicted molar refractivity (Wildman–Crippen MR) is 79.7 cm³/mol. The maximum Gasteiger partial charge on any atom is 0.185 e. The van der Waals surface area contributed by atoms with Gasteiger partial charge in [0.2, 0.25) is 0 Å². The molecule has 1 aliphatic heterocycles. The molecule has 0 bridgehead atoms. The molecule has 0 unspecified atom stereocenters. The summed E-state index contributed by atoms with van der Waals surface area (Å²) in [6.45, 7) is 4.43. The second kappa shape index (κ2) is 5.41. The first-order valence-electron chi connectivity index (χ1n) is 7.55. The Morgan fingerprint density at radius 2 is 1.84 bits per heavy atom. The van der Waals surface area contributed by atoms with Crippen LogP contribution in [-0.4, -0.2) is 23.2 Å². The highest BCUT2D eigenvalue weighted by Gasteiger charge is 2.36. The van der Waals surface area contributed by atoms with E-state index in [4.69, 9.17) is 0 Å². The Morgan fingerprint density at radius 1 is 1.16 bits per heavy atom. The number of nitrogens with zero attached hydrogens (tertiary/aromatic N) is 2. The number of thiazole rings is 1. The minimum Gasteiger partial charge on any atom is -0.391 e. The normalized spacial score (nSPS) is 22.9. The van der Waals surface area contributed by atoms with Gasteiger partial charge in [-0.1, -0.05) is 30.6 Å². The van der Waals surface area contributed by atoms with Crippen LogP contribution in [0.25, 0.3) is 0 Å². The number of piperidine rings is 1. The molecule has 1 spiro atoms. The minimum absolute atomic E-state index is 0.126. The molecular weight excluding hydrogens is 256 g/mol. The van der Waals surface area contributed by atoms with Gasteiger partial charge in [0.15, 0.2) is 5.13 Å². The lowest BCUT2D eigenvalue weighted by Crippen LogP contribution is -2.41. The van der Waals surface area contributed by atoms with E-state index < -0.39 is 0 Å². The number of aromatic nitrogens is 1. The van der Waals surface area contributed by atoms with Crippen LogP contribution in [0.4, 0.5) is 5.13 Å². The topological polar surface area (TPSA) is 36.4 Å². The molecule has 4 heteroatoms. The van der Waals surface area contributed by atoms with E-state index in [0.29, 0.717) is 5.41 Å². The van der Waals surface area contributed by atoms with Crippen molar-refractivity contribution in [3.63, 3.8) is 0 Å². The molecule has 1 N–H and O–H groups in total. The highest BCUT2D eigenvalue weighted by atomic mass is 32.1. The largest absolute Gasteiger partial charge is 0.391 e. The van der Waals surface area contributed by atoms with Crippen LogP contribution in [0.2, 0.25) is 0 Å². The van der Waals surface area contributed by atoms with Crippen LogP contribution >= 0.6 is 11.3 Å². The average molecular weight is 280 g/mol. The zero-order valence-electron chi connectivity index (χ0n) is 11.8. The molecule has 2 heterocycles. The molecule has 2 aliphatic rings. The predicted octanol–water partition coefficient (Wildman–Crippen LogP) is 3.49. The lowest BCUT2D eigenvalue weighted by molar-refractivity contribution is 0.144. The Labute approximate surface area is 119 Å². The SMILES string of the molecule is Cc1nc(N2CCC3(CCCCC3)CC2)sc1CO. The molecular formula is C15H24N2OS. The lowest BCUT2D eigenvalue weighted by Gasteiger charge is -2.44.